The van der Waals surface area contributed by atoms with Gasteiger partial charge < -0.3 is 4.57 Å². The molecule has 0 atom stereocenters. The smallest absolute Gasteiger partial charge is 0.164 e. The minimum atomic E-state index is 0.644. The fourth-order valence-electron chi connectivity index (χ4n) is 8.02. The largest absolute Gasteiger partial charge is 0.309 e. The van der Waals surface area contributed by atoms with E-state index in [4.69, 9.17) is 15.0 Å². The SMILES string of the molecule is c1ccc(-c2nc(-c3ccc(-c4ccc(-n5c6cc7ccccc7cc6c6ccc7ccccc7c65)cc4)cc3)nc(-c3ccc4ccccc4c3)n2)cc1. The minimum Gasteiger partial charge on any atom is -0.309 e. The van der Waals surface area contributed by atoms with Crippen LogP contribution in [0.5, 0.6) is 0 Å². The van der Waals surface area contributed by atoms with E-state index in [1.165, 1.54) is 48.7 Å². The molecule has 55 heavy (non-hydrogen) atoms. The molecule has 0 saturated heterocycles. The Bertz CT molecular complexity index is 3240. The van der Waals surface area contributed by atoms with Crippen molar-refractivity contribution in [1.82, 2.24) is 19.5 Å². The summed E-state index contributed by atoms with van der Waals surface area (Å²) in [5.74, 6) is 1.95. The van der Waals surface area contributed by atoms with Crippen molar-refractivity contribution in [3.05, 3.63) is 194 Å². The van der Waals surface area contributed by atoms with Gasteiger partial charge in [0.2, 0.25) is 0 Å². The van der Waals surface area contributed by atoms with Crippen LogP contribution in [0.3, 0.4) is 0 Å². The zero-order valence-corrected chi connectivity index (χ0v) is 29.8. The van der Waals surface area contributed by atoms with Crippen LogP contribution in [0.4, 0.5) is 0 Å². The van der Waals surface area contributed by atoms with E-state index in [-0.39, 0.29) is 0 Å². The normalized spacial score (nSPS) is 11.6. The third-order valence-electron chi connectivity index (χ3n) is 10.8. The highest BCUT2D eigenvalue weighted by Gasteiger charge is 2.17. The first-order valence-electron chi connectivity index (χ1n) is 18.6. The molecule has 4 heteroatoms. The summed E-state index contributed by atoms with van der Waals surface area (Å²) in [6.07, 6.45) is 0. The van der Waals surface area contributed by atoms with Crippen molar-refractivity contribution in [3.8, 4) is 51.0 Å². The van der Waals surface area contributed by atoms with E-state index in [9.17, 15) is 0 Å². The Labute approximate surface area is 317 Å². The van der Waals surface area contributed by atoms with E-state index < -0.39 is 0 Å². The summed E-state index contributed by atoms with van der Waals surface area (Å²) < 4.78 is 2.44. The van der Waals surface area contributed by atoms with Gasteiger partial charge in [-0.05, 0) is 68.4 Å². The van der Waals surface area contributed by atoms with Gasteiger partial charge in [0.25, 0.3) is 0 Å². The van der Waals surface area contributed by atoms with Gasteiger partial charge in [-0.1, -0.05) is 164 Å². The van der Waals surface area contributed by atoms with Crippen LogP contribution in [0.25, 0.3) is 105 Å². The standard InChI is InChI=1S/C51H32N4/c1-2-12-37(13-3-1)49-52-50(54-51(53-49)42-23-20-33-10-4-5-14-39(33)30-42)38-21-18-34(19-22-38)35-24-27-43(28-25-35)55-47-32-41-16-7-6-15-40(41)31-46(47)45-29-26-36-11-8-9-17-44(36)48(45)55/h1-32H. The molecule has 0 bridgehead atoms. The summed E-state index contributed by atoms with van der Waals surface area (Å²) in [5.41, 5.74) is 8.69. The van der Waals surface area contributed by atoms with Crippen LogP contribution < -0.4 is 0 Å². The van der Waals surface area contributed by atoms with Crippen molar-refractivity contribution in [2.45, 2.75) is 0 Å². The molecule has 0 unspecified atom stereocenters. The molecule has 0 aliphatic rings. The molecule has 2 heterocycles. The molecule has 0 aliphatic carbocycles. The molecule has 11 aromatic rings. The fraction of sp³-hybridized carbons (Fsp3) is 0. The van der Waals surface area contributed by atoms with Gasteiger partial charge in [-0.25, -0.2) is 15.0 Å². The molecule has 0 N–H and O–H groups in total. The third kappa shape index (κ3) is 5.34. The molecule has 0 radical (unpaired) electrons. The number of rotatable bonds is 5. The maximum Gasteiger partial charge on any atom is 0.164 e. The maximum absolute atomic E-state index is 5.01. The Morgan fingerprint density at radius 1 is 0.291 bits per heavy atom. The van der Waals surface area contributed by atoms with Crippen molar-refractivity contribution in [3.63, 3.8) is 0 Å². The monoisotopic (exact) mass is 700 g/mol. The molecule has 9 aromatic carbocycles. The lowest BCUT2D eigenvalue weighted by molar-refractivity contribution is 1.07. The van der Waals surface area contributed by atoms with E-state index in [0.29, 0.717) is 17.5 Å². The van der Waals surface area contributed by atoms with Crippen LogP contribution in [0, 0.1) is 0 Å². The van der Waals surface area contributed by atoms with Crippen LogP contribution in [0.1, 0.15) is 0 Å². The van der Waals surface area contributed by atoms with Gasteiger partial charge in [0.05, 0.1) is 11.0 Å². The predicted molar refractivity (Wildman–Crippen MR) is 228 cm³/mol. The van der Waals surface area contributed by atoms with Crippen molar-refractivity contribution in [2.75, 3.05) is 0 Å². The lowest BCUT2D eigenvalue weighted by Crippen LogP contribution is -2.00. The molecule has 2 aromatic heterocycles. The van der Waals surface area contributed by atoms with E-state index in [2.05, 4.69) is 168 Å². The second-order valence-corrected chi connectivity index (χ2v) is 14.1. The topological polar surface area (TPSA) is 43.6 Å². The second-order valence-electron chi connectivity index (χ2n) is 14.1. The molecule has 4 nitrogen and oxygen atoms in total. The average Bonchev–Trinajstić information content (AvgIpc) is 3.59. The van der Waals surface area contributed by atoms with E-state index >= 15 is 0 Å². The quantitative estimate of drug-likeness (QED) is 0.179. The van der Waals surface area contributed by atoms with Crippen LogP contribution in [-0.4, -0.2) is 19.5 Å². The van der Waals surface area contributed by atoms with Gasteiger partial charge in [0, 0.05) is 38.5 Å². The first-order chi connectivity index (χ1) is 27.2. The van der Waals surface area contributed by atoms with Gasteiger partial charge in [-0.2, -0.15) is 0 Å². The zero-order chi connectivity index (χ0) is 36.3. The van der Waals surface area contributed by atoms with E-state index in [0.717, 1.165) is 38.9 Å². The summed E-state index contributed by atoms with van der Waals surface area (Å²) in [7, 11) is 0. The van der Waals surface area contributed by atoms with Crippen LogP contribution >= 0.6 is 0 Å². The van der Waals surface area contributed by atoms with Gasteiger partial charge >= 0.3 is 0 Å². The summed E-state index contributed by atoms with van der Waals surface area (Å²) >= 11 is 0. The highest BCUT2D eigenvalue weighted by Crippen LogP contribution is 2.39. The van der Waals surface area contributed by atoms with Gasteiger partial charge in [-0.15, -0.1) is 0 Å². The van der Waals surface area contributed by atoms with Crippen LogP contribution in [0.2, 0.25) is 0 Å². The Morgan fingerprint density at radius 2 is 0.782 bits per heavy atom. The Kier molecular flexibility index (Phi) is 7.14. The third-order valence-corrected chi connectivity index (χ3v) is 10.8. The molecule has 0 fully saturated rings. The van der Waals surface area contributed by atoms with Crippen molar-refractivity contribution in [2.24, 2.45) is 0 Å². The second kappa shape index (κ2) is 12.6. The molecule has 11 rings (SSSR count). The zero-order valence-electron chi connectivity index (χ0n) is 29.8. The van der Waals surface area contributed by atoms with Crippen LogP contribution in [0.15, 0.2) is 194 Å². The average molecular weight is 701 g/mol. The van der Waals surface area contributed by atoms with Gasteiger partial charge in [-0.3, -0.25) is 0 Å². The van der Waals surface area contributed by atoms with Crippen molar-refractivity contribution < 1.29 is 0 Å². The summed E-state index contributed by atoms with van der Waals surface area (Å²) in [6.45, 7) is 0. The molecule has 0 saturated carbocycles. The molecule has 0 amide bonds. The lowest BCUT2D eigenvalue weighted by atomic mass is 10.0. The van der Waals surface area contributed by atoms with Crippen LogP contribution in [-0.2, 0) is 0 Å². The van der Waals surface area contributed by atoms with E-state index in [1.54, 1.807) is 0 Å². The minimum absolute atomic E-state index is 0.644. The number of nitrogens with zero attached hydrogens (tertiary/aromatic N) is 4. The lowest BCUT2D eigenvalue weighted by Gasteiger charge is -2.12. The highest BCUT2D eigenvalue weighted by atomic mass is 15.0. The molecular weight excluding hydrogens is 669 g/mol. The summed E-state index contributed by atoms with van der Waals surface area (Å²) in [5, 5.41) is 9.82. The Balaban J connectivity index is 0.987. The molecule has 256 valence electrons. The van der Waals surface area contributed by atoms with Crippen molar-refractivity contribution >= 4 is 54.1 Å². The molecule has 0 aliphatic heterocycles. The predicted octanol–water partition coefficient (Wildman–Crippen LogP) is 13.1. The summed E-state index contributed by atoms with van der Waals surface area (Å²) in [4.78, 5) is 14.9. The number of hydrogen-bond acceptors (Lipinski definition) is 3. The molecular formula is C51H32N4. The van der Waals surface area contributed by atoms with Gasteiger partial charge in [0.1, 0.15) is 0 Å². The Hall–Kier alpha value is -7.43. The Morgan fingerprint density at radius 3 is 1.49 bits per heavy atom. The summed E-state index contributed by atoms with van der Waals surface area (Å²) in [6, 6.07) is 68.8. The van der Waals surface area contributed by atoms with Gasteiger partial charge in [0.15, 0.2) is 17.5 Å². The highest BCUT2D eigenvalue weighted by molar-refractivity contribution is 6.20. The van der Waals surface area contributed by atoms with Crippen molar-refractivity contribution in [1.29, 1.82) is 0 Å². The fourth-order valence-corrected chi connectivity index (χ4v) is 8.02. The number of aromatic nitrogens is 4. The molecule has 0 spiro atoms. The number of benzene rings is 9. The number of fused-ring (bicyclic) bond motifs is 7. The number of hydrogen-bond donors (Lipinski definition) is 0. The van der Waals surface area contributed by atoms with E-state index in [1.807, 2.05) is 30.3 Å². The maximum atomic E-state index is 5.01. The first kappa shape index (κ1) is 31.1. The first-order valence-corrected chi connectivity index (χ1v) is 18.6.